The second-order valence-corrected chi connectivity index (χ2v) is 5.47. The number of aromatic carboxylic acids is 1. The number of hydrogen-bond donors (Lipinski definition) is 2. The SMILES string of the molecule is O=CNn1cc(C(=O)O)c(=O)c2cc(F)c(F)c(OCc3ccccc3)c21. The van der Waals surface area contributed by atoms with Crippen molar-refractivity contribution in [3.63, 3.8) is 0 Å². The van der Waals surface area contributed by atoms with Crippen LogP contribution in [0.15, 0.2) is 47.4 Å². The minimum Gasteiger partial charge on any atom is -0.483 e. The number of pyridine rings is 1. The number of halogens is 2. The van der Waals surface area contributed by atoms with E-state index in [4.69, 9.17) is 9.84 Å². The molecule has 2 N–H and O–H groups in total. The summed E-state index contributed by atoms with van der Waals surface area (Å²) in [5.41, 5.74) is 0.709. The second-order valence-electron chi connectivity index (χ2n) is 5.47. The molecule has 0 atom stereocenters. The third kappa shape index (κ3) is 3.34. The average Bonchev–Trinajstić information content (AvgIpc) is 2.65. The zero-order valence-corrected chi connectivity index (χ0v) is 13.6. The van der Waals surface area contributed by atoms with Gasteiger partial charge in [-0.1, -0.05) is 30.3 Å². The Hall–Kier alpha value is -3.75. The van der Waals surface area contributed by atoms with Gasteiger partial charge in [0.05, 0.1) is 5.39 Å². The summed E-state index contributed by atoms with van der Waals surface area (Å²) in [7, 11) is 0. The van der Waals surface area contributed by atoms with E-state index in [0.717, 1.165) is 10.9 Å². The van der Waals surface area contributed by atoms with Crippen molar-refractivity contribution in [2.75, 3.05) is 5.43 Å². The number of carbonyl (C=O) groups excluding carboxylic acids is 1. The maximum Gasteiger partial charge on any atom is 0.341 e. The molecule has 1 aromatic heterocycles. The molecular weight excluding hydrogens is 362 g/mol. The van der Waals surface area contributed by atoms with Crippen molar-refractivity contribution in [1.82, 2.24) is 4.68 Å². The number of hydrogen-bond acceptors (Lipinski definition) is 4. The molecule has 0 spiro atoms. The number of nitrogens with zero attached hydrogens (tertiary/aromatic N) is 1. The minimum atomic E-state index is -1.58. The number of carbonyl (C=O) groups is 2. The van der Waals surface area contributed by atoms with Crippen LogP contribution in [0, 0.1) is 11.6 Å². The number of rotatable bonds is 6. The number of carboxylic acids is 1. The van der Waals surface area contributed by atoms with Crippen molar-refractivity contribution in [2.45, 2.75) is 6.61 Å². The lowest BCUT2D eigenvalue weighted by molar-refractivity contribution is -0.106. The van der Waals surface area contributed by atoms with Crippen LogP contribution in [-0.2, 0) is 11.4 Å². The van der Waals surface area contributed by atoms with Crippen molar-refractivity contribution in [3.05, 3.63) is 75.6 Å². The van der Waals surface area contributed by atoms with Crippen LogP contribution in [0.1, 0.15) is 15.9 Å². The molecule has 9 heteroatoms. The van der Waals surface area contributed by atoms with Crippen LogP contribution in [0.4, 0.5) is 8.78 Å². The predicted octanol–water partition coefficient (Wildman–Crippen LogP) is 2.26. The van der Waals surface area contributed by atoms with Gasteiger partial charge in [0.15, 0.2) is 11.6 Å². The van der Waals surface area contributed by atoms with Crippen LogP contribution in [0.3, 0.4) is 0 Å². The molecule has 0 aliphatic carbocycles. The fourth-order valence-electron chi connectivity index (χ4n) is 2.58. The van der Waals surface area contributed by atoms with E-state index in [2.05, 4.69) is 5.43 Å². The number of ether oxygens (including phenoxy) is 1. The van der Waals surface area contributed by atoms with E-state index < -0.39 is 39.7 Å². The number of benzene rings is 2. The molecule has 1 amide bonds. The highest BCUT2D eigenvalue weighted by Crippen LogP contribution is 2.30. The number of fused-ring (bicyclic) bond motifs is 1. The van der Waals surface area contributed by atoms with Gasteiger partial charge in [-0.2, -0.15) is 4.39 Å². The van der Waals surface area contributed by atoms with Crippen LogP contribution < -0.4 is 15.6 Å². The van der Waals surface area contributed by atoms with Crippen LogP contribution in [0.5, 0.6) is 5.75 Å². The lowest BCUT2D eigenvalue weighted by Gasteiger charge is -2.16. The Labute approximate surface area is 150 Å². The van der Waals surface area contributed by atoms with E-state index in [1.54, 1.807) is 30.3 Å². The molecule has 0 aliphatic rings. The molecule has 138 valence electrons. The Balaban J connectivity index is 2.26. The predicted molar refractivity (Wildman–Crippen MR) is 91.3 cm³/mol. The van der Waals surface area contributed by atoms with Gasteiger partial charge in [-0.15, -0.1) is 0 Å². The van der Waals surface area contributed by atoms with E-state index in [0.29, 0.717) is 11.6 Å². The smallest absolute Gasteiger partial charge is 0.341 e. The van der Waals surface area contributed by atoms with Gasteiger partial charge in [0.1, 0.15) is 17.7 Å². The first kappa shape index (κ1) is 18.1. The van der Waals surface area contributed by atoms with Gasteiger partial charge >= 0.3 is 5.97 Å². The molecule has 7 nitrogen and oxygen atoms in total. The van der Waals surface area contributed by atoms with E-state index in [9.17, 15) is 23.2 Å². The van der Waals surface area contributed by atoms with Crippen molar-refractivity contribution < 1.29 is 28.2 Å². The van der Waals surface area contributed by atoms with E-state index in [-0.39, 0.29) is 18.5 Å². The summed E-state index contributed by atoms with van der Waals surface area (Å²) >= 11 is 0. The van der Waals surface area contributed by atoms with Gasteiger partial charge in [-0.3, -0.25) is 19.7 Å². The quantitative estimate of drug-likeness (QED) is 0.645. The molecule has 0 unspecified atom stereocenters. The van der Waals surface area contributed by atoms with Gasteiger partial charge in [0, 0.05) is 6.20 Å². The summed E-state index contributed by atoms with van der Waals surface area (Å²) in [6.45, 7) is -0.147. The summed E-state index contributed by atoms with van der Waals surface area (Å²) in [4.78, 5) is 34.5. The molecule has 3 aromatic rings. The van der Waals surface area contributed by atoms with E-state index >= 15 is 0 Å². The number of amides is 1. The van der Waals surface area contributed by atoms with E-state index in [1.165, 1.54) is 0 Å². The van der Waals surface area contributed by atoms with Gasteiger partial charge in [-0.05, 0) is 11.6 Å². The van der Waals surface area contributed by atoms with Gasteiger partial charge < -0.3 is 9.84 Å². The third-order valence-electron chi connectivity index (χ3n) is 3.79. The number of aromatic nitrogens is 1. The Morgan fingerprint density at radius 2 is 1.96 bits per heavy atom. The largest absolute Gasteiger partial charge is 0.483 e. The van der Waals surface area contributed by atoms with Crippen molar-refractivity contribution >= 4 is 23.3 Å². The zero-order valence-electron chi connectivity index (χ0n) is 13.6. The fraction of sp³-hybridized carbons (Fsp3) is 0.0556. The van der Waals surface area contributed by atoms with Crippen LogP contribution in [0.2, 0.25) is 0 Å². The molecule has 0 aliphatic heterocycles. The fourth-order valence-corrected chi connectivity index (χ4v) is 2.58. The van der Waals surface area contributed by atoms with Crippen LogP contribution in [0.25, 0.3) is 10.9 Å². The first-order chi connectivity index (χ1) is 12.9. The molecule has 27 heavy (non-hydrogen) atoms. The topological polar surface area (TPSA) is 97.6 Å². The van der Waals surface area contributed by atoms with Gasteiger partial charge in [0.25, 0.3) is 0 Å². The summed E-state index contributed by atoms with van der Waals surface area (Å²) in [6, 6.07) is 9.17. The second kappa shape index (κ2) is 7.24. The third-order valence-corrected chi connectivity index (χ3v) is 3.79. The Morgan fingerprint density at radius 3 is 2.59 bits per heavy atom. The maximum absolute atomic E-state index is 14.4. The standard InChI is InChI=1S/C18H12F2N2O5/c19-13-6-11-15(22(21-9-23)7-12(16(11)24)18(25)26)17(14(13)20)27-8-10-4-2-1-3-5-10/h1-7,9H,8H2,(H,21,23)(H,25,26). The Kier molecular flexibility index (Phi) is 4.84. The Bertz CT molecular complexity index is 1100. The average molecular weight is 374 g/mol. The van der Waals surface area contributed by atoms with Crippen LogP contribution in [-0.4, -0.2) is 22.2 Å². The molecule has 0 saturated carbocycles. The normalized spacial score (nSPS) is 10.6. The first-order valence-corrected chi connectivity index (χ1v) is 7.61. The molecule has 0 radical (unpaired) electrons. The maximum atomic E-state index is 14.4. The highest BCUT2D eigenvalue weighted by Gasteiger charge is 2.23. The zero-order chi connectivity index (χ0) is 19.6. The highest BCUT2D eigenvalue weighted by molar-refractivity contribution is 5.95. The van der Waals surface area contributed by atoms with Crippen molar-refractivity contribution in [3.8, 4) is 5.75 Å². The summed E-state index contributed by atoms with van der Waals surface area (Å²) in [6.07, 6.45) is 0.992. The molecule has 1 heterocycles. The molecule has 3 rings (SSSR count). The summed E-state index contributed by atoms with van der Waals surface area (Å²) in [5, 5.41) is 8.68. The van der Waals surface area contributed by atoms with E-state index in [1.807, 2.05) is 0 Å². The highest BCUT2D eigenvalue weighted by atomic mass is 19.2. The van der Waals surface area contributed by atoms with Crippen molar-refractivity contribution in [1.29, 1.82) is 0 Å². The Morgan fingerprint density at radius 1 is 1.26 bits per heavy atom. The summed E-state index contributed by atoms with van der Waals surface area (Å²) < 4.78 is 34.6. The van der Waals surface area contributed by atoms with Gasteiger partial charge in [-0.25, -0.2) is 9.18 Å². The first-order valence-electron chi connectivity index (χ1n) is 7.61. The lowest BCUT2D eigenvalue weighted by Crippen LogP contribution is -2.24. The molecular formula is C18H12F2N2O5. The molecule has 2 aromatic carbocycles. The van der Waals surface area contributed by atoms with Gasteiger partial charge in [0.2, 0.25) is 17.7 Å². The molecule has 0 bridgehead atoms. The molecule has 0 saturated heterocycles. The van der Waals surface area contributed by atoms with Crippen molar-refractivity contribution in [2.24, 2.45) is 0 Å². The van der Waals surface area contributed by atoms with Crippen LogP contribution >= 0.6 is 0 Å². The number of carboxylic acid groups (broad SMARTS) is 1. The minimum absolute atomic E-state index is 0.147. The lowest BCUT2D eigenvalue weighted by atomic mass is 10.1. The monoisotopic (exact) mass is 374 g/mol. The molecule has 0 fully saturated rings. The number of nitrogens with one attached hydrogen (secondary N) is 1. The summed E-state index contributed by atoms with van der Waals surface area (Å²) in [5.74, 6) is -4.97.